The summed E-state index contributed by atoms with van der Waals surface area (Å²) < 4.78 is 20.1. The fourth-order valence-corrected chi connectivity index (χ4v) is 16.7. The zero-order valence-corrected chi connectivity index (χ0v) is 73.5. The lowest BCUT2D eigenvalue weighted by molar-refractivity contribution is -0.401. The molecule has 0 N–H and O–H groups in total. The van der Waals surface area contributed by atoms with Crippen molar-refractivity contribution >= 4 is 73.5 Å². The van der Waals surface area contributed by atoms with Crippen LogP contribution in [0.1, 0.15) is 200 Å². The molecule has 0 saturated carbocycles. The number of unbranched alkanes of at least 4 members (excludes halogenated alkanes) is 9. The van der Waals surface area contributed by atoms with Gasteiger partial charge in [0.05, 0.1) is 16.5 Å². The first-order valence-electron chi connectivity index (χ1n) is 38.9. The molecule has 109 heavy (non-hydrogen) atoms. The maximum Gasteiger partial charge on any atom is 0.209 e. The number of allylic oxidation sites excluding steroid dienone is 10. The van der Waals surface area contributed by atoms with E-state index in [-0.39, 0.29) is 73.2 Å². The van der Waals surface area contributed by atoms with Gasteiger partial charge in [0.15, 0.2) is 11.4 Å². The Morgan fingerprint density at radius 2 is 0.844 bits per heavy atom. The number of carbonyl (C=O) groups is 1. The highest BCUT2D eigenvalue weighted by molar-refractivity contribution is 9.09. The highest BCUT2D eigenvalue weighted by Gasteiger charge is 2.46. The number of nitrogens with zero attached hydrogens (tertiary/aromatic N) is 9. The summed E-state index contributed by atoms with van der Waals surface area (Å²) in [6.07, 6.45) is 30.6. The molecular weight excluding hydrogens is 1550 g/mol. The zero-order valence-electron chi connectivity index (χ0n) is 68.7. The van der Waals surface area contributed by atoms with Crippen molar-refractivity contribution < 1.29 is 62.1 Å². The van der Waals surface area contributed by atoms with Crippen molar-refractivity contribution in [1.29, 1.82) is 0 Å². The van der Waals surface area contributed by atoms with Crippen LogP contribution in [0.3, 0.4) is 0 Å². The van der Waals surface area contributed by atoms with Gasteiger partial charge in [-0.05, 0) is 143 Å². The highest BCUT2D eigenvalue weighted by Crippen LogP contribution is 2.51. The minimum absolute atomic E-state index is 0. The number of rotatable bonds is 27. The molecule has 0 spiro atoms. The van der Waals surface area contributed by atoms with Gasteiger partial charge in [-0.2, -0.15) is 9.15 Å². The maximum atomic E-state index is 10.6. The van der Waals surface area contributed by atoms with Crippen LogP contribution in [-0.4, -0.2) is 113 Å². The first-order valence-corrected chi connectivity index (χ1v) is 40.0. The molecule has 0 fully saturated rings. The van der Waals surface area contributed by atoms with Crippen LogP contribution >= 0.6 is 15.9 Å². The number of azide groups is 1. The zero-order chi connectivity index (χ0) is 77.6. The molecule has 0 aromatic heterocycles. The van der Waals surface area contributed by atoms with Crippen molar-refractivity contribution in [3.63, 3.8) is 0 Å². The molecule has 6 aromatic carbocycles. The van der Waals surface area contributed by atoms with E-state index in [1.807, 2.05) is 25.2 Å². The van der Waals surface area contributed by atoms with E-state index < -0.39 is 0 Å². The average molecular weight is 1670 g/mol. The number of hydrogen-bond donors (Lipinski definition) is 0. The molecule has 6 aliphatic rings. The van der Waals surface area contributed by atoms with Gasteiger partial charge in [-0.3, -0.25) is 9.79 Å². The van der Waals surface area contributed by atoms with Crippen LogP contribution in [0.2, 0.25) is 0 Å². The number of methoxy groups -OCH3 is 2. The second-order valence-corrected chi connectivity index (χ2v) is 32.8. The third-order valence-electron chi connectivity index (χ3n) is 22.8. The summed E-state index contributed by atoms with van der Waals surface area (Å²) in [6.45, 7) is 34.1. The predicted octanol–water partition coefficient (Wildman–Crippen LogP) is 17.1. The van der Waals surface area contributed by atoms with Gasteiger partial charge in [0.1, 0.15) is 27.1 Å². The number of anilines is 3. The van der Waals surface area contributed by atoms with E-state index in [4.69, 9.17) is 19.7 Å². The number of alkyl halides is 1. The Hall–Kier alpha value is -7.27. The van der Waals surface area contributed by atoms with Crippen molar-refractivity contribution in [3.05, 3.63) is 249 Å². The minimum atomic E-state index is -0.0771. The molecule has 6 aliphatic heterocycles. The Morgan fingerprint density at radius 1 is 0.468 bits per heavy atom. The summed E-state index contributed by atoms with van der Waals surface area (Å²) in [5.41, 5.74) is 31.8. The molecule has 0 saturated heterocycles. The van der Waals surface area contributed by atoms with Crippen molar-refractivity contribution in [3.8, 4) is 0 Å². The van der Waals surface area contributed by atoms with Crippen LogP contribution in [0.25, 0.3) is 10.4 Å². The SMILES string of the molecule is CC1=Nc2ccccc2C1(C)C.CN1/C(=C/C=O)C(C)(C)c2ccccc21.COCCCCCCBr.COCCCCCCN1C(=CC=CC2=[N+](C)c3ccccc3C2(C)C)C(C)(C)c2ccccc21.C[N+]1=C(C=CC=C2N(CCCCCCOCN=[N+]=[N-])c3ccccc3C2(C)C)C(C)(C)c2ccccc21.[Br-].[Br-]. The fraction of sp³-hybridized carbons (Fsp3) is 0.462. The van der Waals surface area contributed by atoms with E-state index in [0.717, 1.165) is 81.4 Å². The lowest BCUT2D eigenvalue weighted by Gasteiger charge is -2.27. The number of halogens is 3. The van der Waals surface area contributed by atoms with Crippen LogP contribution < -0.4 is 48.7 Å². The van der Waals surface area contributed by atoms with E-state index in [9.17, 15) is 4.79 Å². The number of benzene rings is 6. The highest BCUT2D eigenvalue weighted by atomic mass is 79.9. The first-order chi connectivity index (χ1) is 51.2. The number of hydrogen-bond acceptors (Lipinski definition) is 9. The number of carbonyl (C=O) groups excluding carboxylic acids is 1. The first kappa shape index (κ1) is 90.6. The molecular formula is C93H124Br3N9O4. The number of aliphatic imine (C=N–C) groups is 1. The van der Waals surface area contributed by atoms with Crippen molar-refractivity contribution in [2.45, 2.75) is 200 Å². The van der Waals surface area contributed by atoms with Crippen molar-refractivity contribution in [2.75, 3.05) is 95.0 Å². The smallest absolute Gasteiger partial charge is 0.209 e. The summed E-state index contributed by atoms with van der Waals surface area (Å²) in [5, 5.41) is 4.55. The maximum absolute atomic E-state index is 10.6. The Bertz CT molecular complexity index is 4310. The van der Waals surface area contributed by atoms with Gasteiger partial charge in [0.2, 0.25) is 11.4 Å². The van der Waals surface area contributed by atoms with Crippen molar-refractivity contribution in [2.24, 2.45) is 10.1 Å². The summed E-state index contributed by atoms with van der Waals surface area (Å²) >= 11 is 3.39. The third kappa shape index (κ3) is 21.3. The standard InChI is InChI=1S/C31H40N5O.C31H41N2O.C13H15NO.C11H13N.C7H15BrO.2BrH/c1-30(2)24-15-8-10-17-26(24)35(5)28(30)19-14-20-29-31(3,4)25-16-9-11-18-27(25)36(29)21-12-6-7-13-22-37-23-33-34-32;1-30(2)24-16-9-11-18-26(24)32(5)28(30)20-15-21-29-31(3,4)25-17-10-12-19-27(25)33(29)22-13-7-8-14-23-34-6;1-13(2)10-6-4-5-7-11(10)14(3)12(13)8-9-15;1-8-11(2,3)9-6-4-5-7-10(9)12-8;1-9-7-5-3-2-4-6-8;;/h8-11,14-20H,6-7,12-13,21-23H2,1-5H3;9-12,15-21H,7-8,13-14,22-23H2,1-6H3;4-9H,1-3H3;4-7H,1-3H3;2-7H2,1H3;2*1H/q2*+1;;;;;/p-2/b;;12-8+;;;;. The predicted molar refractivity (Wildman–Crippen MR) is 456 cm³/mol. The number of likely N-dealkylation sites (N-methyl/N-ethyl adjacent to an activating group) is 1. The van der Waals surface area contributed by atoms with Crippen LogP contribution in [0.5, 0.6) is 0 Å². The number of para-hydroxylation sites is 6. The van der Waals surface area contributed by atoms with Crippen LogP contribution in [0.15, 0.2) is 215 Å². The minimum Gasteiger partial charge on any atom is -1.00 e. The molecule has 6 heterocycles. The lowest BCUT2D eigenvalue weighted by atomic mass is 9.81. The van der Waals surface area contributed by atoms with Crippen LogP contribution in [0.4, 0.5) is 34.1 Å². The monoisotopic (exact) mass is 1670 g/mol. The summed E-state index contributed by atoms with van der Waals surface area (Å²) in [4.78, 5) is 25.0. The second kappa shape index (κ2) is 41.8. The molecule has 0 bridgehead atoms. The normalized spacial score (nSPS) is 18.0. The van der Waals surface area contributed by atoms with Gasteiger partial charge in [-0.15, -0.1) is 0 Å². The van der Waals surface area contributed by atoms with Crippen LogP contribution in [0, 0.1) is 0 Å². The van der Waals surface area contributed by atoms with Crippen molar-refractivity contribution in [1.82, 2.24) is 0 Å². The van der Waals surface area contributed by atoms with Gasteiger partial charge in [0, 0.05) is 161 Å². The van der Waals surface area contributed by atoms with Crippen LogP contribution in [-0.2, 0) is 51.5 Å². The molecule has 0 aliphatic carbocycles. The second-order valence-electron chi connectivity index (χ2n) is 32.0. The van der Waals surface area contributed by atoms with E-state index >= 15 is 0 Å². The van der Waals surface area contributed by atoms with E-state index in [2.05, 4.69) is 323 Å². The summed E-state index contributed by atoms with van der Waals surface area (Å²) in [7, 11) is 9.90. The number of fused-ring (bicyclic) bond motifs is 6. The quantitative estimate of drug-likeness (QED) is 0.00736. The van der Waals surface area contributed by atoms with Gasteiger partial charge in [0.25, 0.3) is 0 Å². The molecule has 12 rings (SSSR count). The average Bonchev–Trinajstić information content (AvgIpc) is 1.61. The molecule has 16 heteroatoms. The Balaban J connectivity index is 0.000000233. The van der Waals surface area contributed by atoms with E-state index in [1.165, 1.54) is 135 Å². The molecule has 586 valence electrons. The molecule has 0 unspecified atom stereocenters. The Kier molecular flexibility index (Phi) is 34.8. The van der Waals surface area contributed by atoms with Gasteiger partial charge >= 0.3 is 0 Å². The third-order valence-corrected chi connectivity index (χ3v) is 23.3. The molecule has 13 nitrogen and oxygen atoms in total. The molecule has 0 atom stereocenters. The Labute approximate surface area is 684 Å². The lowest BCUT2D eigenvalue weighted by Crippen LogP contribution is -3.00. The van der Waals surface area contributed by atoms with E-state index in [1.54, 1.807) is 20.3 Å². The molecule has 0 radical (unpaired) electrons. The van der Waals surface area contributed by atoms with Gasteiger partial charge in [-0.25, -0.2) is 0 Å². The summed E-state index contributed by atoms with van der Waals surface area (Å²) in [5.74, 6) is 0. The fourth-order valence-electron chi connectivity index (χ4n) is 16.3. The largest absolute Gasteiger partial charge is 1.00 e. The van der Waals surface area contributed by atoms with E-state index in [0.29, 0.717) is 6.61 Å². The topological polar surface area (TPSA) is 122 Å². The summed E-state index contributed by atoms with van der Waals surface area (Å²) in [6, 6.07) is 51.8. The Morgan fingerprint density at radius 3 is 1.26 bits per heavy atom. The number of ether oxygens (including phenoxy) is 3. The number of aldehydes is 1. The molecule has 0 amide bonds. The van der Waals surface area contributed by atoms with Gasteiger partial charge < -0.3 is 62.9 Å². The molecule has 6 aromatic rings. The van der Waals surface area contributed by atoms with Gasteiger partial charge in [-0.1, -0.05) is 236 Å².